The number of nitrogens with zero attached hydrogens (tertiary/aromatic N) is 3. The van der Waals surface area contributed by atoms with Crippen molar-refractivity contribution in [3.63, 3.8) is 0 Å². The Morgan fingerprint density at radius 3 is 2.50 bits per heavy atom. The highest BCUT2D eigenvalue weighted by Gasteiger charge is 2.26. The molecule has 3 rings (SSSR count). The molecular weight excluding hydrogens is 276 g/mol. The minimum atomic E-state index is 0. The molecule has 0 aliphatic carbocycles. The van der Waals surface area contributed by atoms with Gasteiger partial charge in [-0.15, -0.1) is 12.4 Å². The van der Waals surface area contributed by atoms with Crippen LogP contribution in [0.3, 0.4) is 0 Å². The van der Waals surface area contributed by atoms with Crippen LogP contribution in [0.5, 0.6) is 0 Å². The third kappa shape index (κ3) is 3.93. The summed E-state index contributed by atoms with van der Waals surface area (Å²) in [6, 6.07) is 0. The number of aryl methyl sites for hydroxylation is 1. The van der Waals surface area contributed by atoms with Crippen LogP contribution >= 0.6 is 12.4 Å². The number of halogens is 1. The summed E-state index contributed by atoms with van der Waals surface area (Å²) in [5, 5.41) is 7.33. The highest BCUT2D eigenvalue weighted by Crippen LogP contribution is 2.27. The highest BCUT2D eigenvalue weighted by molar-refractivity contribution is 5.85. The Balaban J connectivity index is 0.00000147. The first-order valence-corrected chi connectivity index (χ1v) is 7.54. The largest absolute Gasteiger partial charge is 0.339 e. The molecule has 5 nitrogen and oxygen atoms in total. The summed E-state index contributed by atoms with van der Waals surface area (Å²) in [6.07, 6.45) is 4.99. The summed E-state index contributed by atoms with van der Waals surface area (Å²) in [4.78, 5) is 6.99. The maximum absolute atomic E-state index is 5.30. The Bertz CT molecular complexity index is 398. The molecule has 0 saturated carbocycles. The van der Waals surface area contributed by atoms with Crippen molar-refractivity contribution in [2.45, 2.75) is 38.5 Å². The summed E-state index contributed by atoms with van der Waals surface area (Å²) in [7, 11) is 0. The molecule has 2 saturated heterocycles. The molecular formula is C14H25ClN4O. The molecule has 2 fully saturated rings. The molecule has 0 bridgehead atoms. The van der Waals surface area contributed by atoms with Gasteiger partial charge in [0.2, 0.25) is 5.89 Å². The molecule has 1 N–H and O–H groups in total. The fourth-order valence-corrected chi connectivity index (χ4v) is 3.27. The van der Waals surface area contributed by atoms with Crippen LogP contribution in [0, 0.1) is 12.8 Å². The Morgan fingerprint density at radius 2 is 1.90 bits per heavy atom. The van der Waals surface area contributed by atoms with E-state index in [1.54, 1.807) is 0 Å². The second-order valence-electron chi connectivity index (χ2n) is 5.95. The van der Waals surface area contributed by atoms with Crippen LogP contribution in [0.2, 0.25) is 0 Å². The predicted molar refractivity (Wildman–Crippen MR) is 80.3 cm³/mol. The predicted octanol–water partition coefficient (Wildman–Crippen LogP) is 1.98. The molecule has 2 aliphatic heterocycles. The first-order chi connectivity index (χ1) is 9.31. The number of piperidine rings is 2. The normalized spacial score (nSPS) is 22.6. The Hall–Kier alpha value is -0.650. The number of nitrogens with one attached hydrogen (secondary N) is 1. The molecule has 6 heteroatoms. The van der Waals surface area contributed by atoms with Crippen molar-refractivity contribution in [1.29, 1.82) is 0 Å². The van der Waals surface area contributed by atoms with Crippen LogP contribution in [-0.2, 0) is 0 Å². The molecule has 0 radical (unpaired) electrons. The molecule has 1 aromatic rings. The van der Waals surface area contributed by atoms with E-state index in [9.17, 15) is 0 Å². The van der Waals surface area contributed by atoms with E-state index in [0.29, 0.717) is 5.92 Å². The Labute approximate surface area is 126 Å². The Morgan fingerprint density at radius 1 is 1.20 bits per heavy atom. The van der Waals surface area contributed by atoms with Gasteiger partial charge in [0.05, 0.1) is 0 Å². The molecule has 0 unspecified atom stereocenters. The van der Waals surface area contributed by atoms with Crippen LogP contribution in [0.4, 0.5) is 0 Å². The lowest BCUT2D eigenvalue weighted by molar-refractivity contribution is 0.157. The zero-order valence-electron chi connectivity index (χ0n) is 12.2. The lowest BCUT2D eigenvalue weighted by atomic mass is 9.93. The van der Waals surface area contributed by atoms with Gasteiger partial charge >= 0.3 is 0 Å². The van der Waals surface area contributed by atoms with Crippen LogP contribution in [0.15, 0.2) is 4.52 Å². The Kier molecular flexibility index (Phi) is 5.81. The minimum Gasteiger partial charge on any atom is -0.339 e. The van der Waals surface area contributed by atoms with Gasteiger partial charge < -0.3 is 14.7 Å². The SMILES string of the molecule is Cc1noc(C2CCN(CC3CCNCC3)CC2)n1.Cl. The lowest BCUT2D eigenvalue weighted by Crippen LogP contribution is -2.39. The average molecular weight is 301 g/mol. The van der Waals surface area contributed by atoms with E-state index in [4.69, 9.17) is 4.52 Å². The summed E-state index contributed by atoms with van der Waals surface area (Å²) in [5.74, 6) is 2.97. The van der Waals surface area contributed by atoms with E-state index in [1.807, 2.05) is 6.92 Å². The standard InChI is InChI=1S/C14H24N4O.ClH/c1-11-16-14(19-17-11)13-4-8-18(9-5-13)10-12-2-6-15-7-3-12;/h12-13,15H,2-10H2,1H3;1H. The molecule has 1 aromatic heterocycles. The zero-order chi connectivity index (χ0) is 13.1. The molecule has 2 aliphatic rings. The molecule has 0 spiro atoms. The molecule has 0 aromatic carbocycles. The average Bonchev–Trinajstić information content (AvgIpc) is 2.87. The monoisotopic (exact) mass is 300 g/mol. The van der Waals surface area contributed by atoms with E-state index < -0.39 is 0 Å². The van der Waals surface area contributed by atoms with Gasteiger partial charge in [-0.3, -0.25) is 0 Å². The molecule has 114 valence electrons. The third-order valence-corrected chi connectivity index (χ3v) is 4.46. The molecule has 0 amide bonds. The number of aromatic nitrogens is 2. The number of hydrogen-bond acceptors (Lipinski definition) is 5. The fraction of sp³-hybridized carbons (Fsp3) is 0.857. The topological polar surface area (TPSA) is 54.2 Å². The van der Waals surface area contributed by atoms with Gasteiger partial charge in [0.1, 0.15) is 0 Å². The van der Waals surface area contributed by atoms with Crippen molar-refractivity contribution in [3.05, 3.63) is 11.7 Å². The van der Waals surface area contributed by atoms with Gasteiger partial charge in [0.25, 0.3) is 0 Å². The highest BCUT2D eigenvalue weighted by atomic mass is 35.5. The number of hydrogen-bond donors (Lipinski definition) is 1. The number of likely N-dealkylation sites (tertiary alicyclic amines) is 1. The van der Waals surface area contributed by atoms with Gasteiger partial charge in [0, 0.05) is 12.5 Å². The van der Waals surface area contributed by atoms with Crippen LogP contribution in [-0.4, -0.2) is 47.8 Å². The summed E-state index contributed by atoms with van der Waals surface area (Å²) >= 11 is 0. The summed E-state index contributed by atoms with van der Waals surface area (Å²) < 4.78 is 5.30. The molecule has 0 atom stereocenters. The minimum absolute atomic E-state index is 0. The first-order valence-electron chi connectivity index (χ1n) is 7.54. The van der Waals surface area contributed by atoms with E-state index in [1.165, 1.54) is 45.6 Å². The van der Waals surface area contributed by atoms with Gasteiger partial charge in [-0.1, -0.05) is 5.16 Å². The van der Waals surface area contributed by atoms with Gasteiger partial charge in [0.15, 0.2) is 5.82 Å². The molecule has 20 heavy (non-hydrogen) atoms. The van der Waals surface area contributed by atoms with Crippen LogP contribution in [0.25, 0.3) is 0 Å². The van der Waals surface area contributed by atoms with Crippen molar-refractivity contribution in [2.24, 2.45) is 5.92 Å². The zero-order valence-corrected chi connectivity index (χ0v) is 13.0. The third-order valence-electron chi connectivity index (χ3n) is 4.46. The van der Waals surface area contributed by atoms with Crippen molar-refractivity contribution >= 4 is 12.4 Å². The summed E-state index contributed by atoms with van der Waals surface area (Å²) in [6.45, 7) is 7.91. The van der Waals surface area contributed by atoms with Crippen LogP contribution < -0.4 is 5.32 Å². The van der Waals surface area contributed by atoms with Crippen molar-refractivity contribution in [1.82, 2.24) is 20.4 Å². The first kappa shape index (κ1) is 15.7. The summed E-state index contributed by atoms with van der Waals surface area (Å²) in [5.41, 5.74) is 0. The van der Waals surface area contributed by atoms with E-state index in [-0.39, 0.29) is 12.4 Å². The van der Waals surface area contributed by atoms with E-state index in [0.717, 1.165) is 30.5 Å². The fourth-order valence-electron chi connectivity index (χ4n) is 3.27. The second kappa shape index (κ2) is 7.38. The van der Waals surface area contributed by atoms with Crippen molar-refractivity contribution < 1.29 is 4.52 Å². The number of rotatable bonds is 3. The second-order valence-corrected chi connectivity index (χ2v) is 5.95. The van der Waals surface area contributed by atoms with Crippen LogP contribution in [0.1, 0.15) is 43.3 Å². The van der Waals surface area contributed by atoms with Gasteiger partial charge in [-0.05, 0) is 64.7 Å². The van der Waals surface area contributed by atoms with Crippen molar-refractivity contribution in [3.8, 4) is 0 Å². The molecule has 3 heterocycles. The lowest BCUT2D eigenvalue weighted by Gasteiger charge is -2.34. The smallest absolute Gasteiger partial charge is 0.229 e. The van der Waals surface area contributed by atoms with Gasteiger partial charge in [-0.25, -0.2) is 0 Å². The maximum Gasteiger partial charge on any atom is 0.229 e. The maximum atomic E-state index is 5.30. The van der Waals surface area contributed by atoms with E-state index >= 15 is 0 Å². The quantitative estimate of drug-likeness (QED) is 0.925. The van der Waals surface area contributed by atoms with Crippen molar-refractivity contribution in [2.75, 3.05) is 32.7 Å². The van der Waals surface area contributed by atoms with Gasteiger partial charge in [-0.2, -0.15) is 4.98 Å². The van der Waals surface area contributed by atoms with E-state index in [2.05, 4.69) is 20.4 Å².